The van der Waals surface area contributed by atoms with Crippen molar-refractivity contribution in [3.8, 4) is 28.3 Å². The van der Waals surface area contributed by atoms with Crippen molar-refractivity contribution in [1.29, 1.82) is 0 Å². The zero-order valence-electron chi connectivity index (χ0n) is 19.7. The van der Waals surface area contributed by atoms with Crippen molar-refractivity contribution >= 4 is 17.1 Å². The van der Waals surface area contributed by atoms with E-state index < -0.39 is 29.7 Å². The first kappa shape index (κ1) is 24.9. The highest BCUT2D eigenvalue weighted by Gasteiger charge is 2.33. The number of benzene rings is 3. The smallest absolute Gasteiger partial charge is 0.405 e. The molecule has 1 N–H and O–H groups in total. The lowest BCUT2D eigenvalue weighted by Gasteiger charge is -2.15. The Morgan fingerprint density at radius 2 is 1.68 bits per heavy atom. The van der Waals surface area contributed by atoms with Crippen molar-refractivity contribution in [3.63, 3.8) is 0 Å². The number of aromatic nitrogens is 2. The summed E-state index contributed by atoms with van der Waals surface area (Å²) in [5.74, 6) is -3.44. The van der Waals surface area contributed by atoms with Crippen LogP contribution in [0.5, 0.6) is 5.75 Å². The number of pyridine rings is 1. The highest BCUT2D eigenvalue weighted by Crippen LogP contribution is 2.34. The Morgan fingerprint density at radius 3 is 2.42 bits per heavy atom. The lowest BCUT2D eigenvalue weighted by atomic mass is 10.0. The van der Waals surface area contributed by atoms with Gasteiger partial charge in [0.2, 0.25) is 0 Å². The maximum Gasteiger partial charge on any atom is 0.573 e. The minimum atomic E-state index is -5.02. The van der Waals surface area contributed by atoms with Crippen LogP contribution in [-0.4, -0.2) is 21.7 Å². The van der Waals surface area contributed by atoms with Gasteiger partial charge in [0.05, 0.1) is 22.8 Å². The molecule has 10 heteroatoms. The molecule has 0 radical (unpaired) electrons. The number of imidazole rings is 1. The number of anilines is 1. The second kappa shape index (κ2) is 9.62. The van der Waals surface area contributed by atoms with Crippen molar-refractivity contribution in [3.05, 3.63) is 108 Å². The molecule has 2 aromatic heterocycles. The molecule has 192 valence electrons. The Balaban J connectivity index is 1.60. The van der Waals surface area contributed by atoms with E-state index in [1.165, 1.54) is 34.9 Å². The topological polar surface area (TPSA) is 55.6 Å². The molecule has 5 aromatic rings. The standard InChI is InChI=1S/C28H18F5N3O2/c1-16-7-10-18(11-8-16)35-27(37)21-14-17(9-12-24(21)38-28(31,32)33)19-5-3-13-36-23(19)15-34-26(36)20-4-2-6-22(29)25(20)30/h2-15H,1H3,(H,35,37). The van der Waals surface area contributed by atoms with E-state index in [1.54, 1.807) is 42.6 Å². The summed E-state index contributed by atoms with van der Waals surface area (Å²) >= 11 is 0. The van der Waals surface area contributed by atoms with Crippen LogP contribution in [0.15, 0.2) is 85.2 Å². The van der Waals surface area contributed by atoms with Gasteiger partial charge < -0.3 is 10.1 Å². The minimum absolute atomic E-state index is 0.0609. The molecule has 0 saturated heterocycles. The third-order valence-electron chi connectivity index (χ3n) is 5.83. The van der Waals surface area contributed by atoms with E-state index >= 15 is 0 Å². The van der Waals surface area contributed by atoms with Gasteiger partial charge in [-0.15, -0.1) is 13.2 Å². The molecule has 0 aliphatic carbocycles. The third kappa shape index (κ3) is 4.93. The highest BCUT2D eigenvalue weighted by atomic mass is 19.4. The van der Waals surface area contributed by atoms with Crippen LogP contribution in [0.1, 0.15) is 15.9 Å². The largest absolute Gasteiger partial charge is 0.573 e. The number of alkyl halides is 3. The van der Waals surface area contributed by atoms with Crippen molar-refractivity contribution < 1.29 is 31.5 Å². The van der Waals surface area contributed by atoms with Gasteiger partial charge in [-0.25, -0.2) is 13.8 Å². The van der Waals surface area contributed by atoms with Gasteiger partial charge in [-0.3, -0.25) is 9.20 Å². The number of amides is 1. The summed E-state index contributed by atoms with van der Waals surface area (Å²) in [5, 5.41) is 2.58. The number of aryl methyl sites for hydroxylation is 1. The number of fused-ring (bicyclic) bond motifs is 1. The number of carbonyl (C=O) groups is 1. The molecule has 2 heterocycles. The molecule has 0 aliphatic heterocycles. The lowest BCUT2D eigenvalue weighted by Crippen LogP contribution is -2.21. The second-order valence-electron chi connectivity index (χ2n) is 8.44. The van der Waals surface area contributed by atoms with E-state index in [0.29, 0.717) is 22.3 Å². The molecule has 5 rings (SSSR count). The molecular formula is C28H18F5N3O2. The summed E-state index contributed by atoms with van der Waals surface area (Å²) in [6.07, 6.45) is -1.99. The predicted octanol–water partition coefficient (Wildman–Crippen LogP) is 7.41. The average Bonchev–Trinajstić information content (AvgIpc) is 3.30. The van der Waals surface area contributed by atoms with Gasteiger partial charge in [-0.05, 0) is 55.0 Å². The first-order valence-electron chi connectivity index (χ1n) is 11.3. The van der Waals surface area contributed by atoms with Gasteiger partial charge in [0.1, 0.15) is 11.6 Å². The van der Waals surface area contributed by atoms with Gasteiger partial charge in [0.15, 0.2) is 11.6 Å². The number of carbonyl (C=O) groups excluding carboxylic acids is 1. The summed E-state index contributed by atoms with van der Waals surface area (Å²) in [6, 6.07) is 17.5. The fourth-order valence-corrected chi connectivity index (χ4v) is 4.07. The van der Waals surface area contributed by atoms with Crippen molar-refractivity contribution in [2.75, 3.05) is 5.32 Å². The molecule has 0 bridgehead atoms. The molecular weight excluding hydrogens is 505 g/mol. The Kier molecular flexibility index (Phi) is 6.31. The van der Waals surface area contributed by atoms with Gasteiger partial charge in [0.25, 0.3) is 5.91 Å². The monoisotopic (exact) mass is 523 g/mol. The first-order chi connectivity index (χ1) is 18.1. The molecule has 5 nitrogen and oxygen atoms in total. The van der Waals surface area contributed by atoms with Crippen LogP contribution in [-0.2, 0) is 0 Å². The maximum absolute atomic E-state index is 14.5. The summed E-state index contributed by atoms with van der Waals surface area (Å²) in [4.78, 5) is 17.3. The summed E-state index contributed by atoms with van der Waals surface area (Å²) in [6.45, 7) is 1.86. The SMILES string of the molecule is Cc1ccc(NC(=O)c2cc(-c3cccn4c(-c5cccc(F)c5F)ncc34)ccc2OC(F)(F)F)cc1. The quantitative estimate of drug-likeness (QED) is 0.244. The van der Waals surface area contributed by atoms with Crippen LogP contribution in [0.2, 0.25) is 0 Å². The second-order valence-corrected chi connectivity index (χ2v) is 8.44. The van der Waals surface area contributed by atoms with E-state index in [4.69, 9.17) is 0 Å². The summed E-state index contributed by atoms with van der Waals surface area (Å²) < 4.78 is 73.2. The number of hydrogen-bond acceptors (Lipinski definition) is 3. The maximum atomic E-state index is 14.5. The van der Waals surface area contributed by atoms with Crippen LogP contribution in [0.4, 0.5) is 27.6 Å². The van der Waals surface area contributed by atoms with E-state index in [0.717, 1.165) is 17.7 Å². The molecule has 3 aromatic carbocycles. The molecule has 0 unspecified atom stereocenters. The zero-order chi connectivity index (χ0) is 27.0. The first-order valence-corrected chi connectivity index (χ1v) is 11.3. The van der Waals surface area contributed by atoms with E-state index in [9.17, 15) is 26.7 Å². The van der Waals surface area contributed by atoms with E-state index in [1.807, 2.05) is 6.92 Å². The van der Waals surface area contributed by atoms with Crippen molar-refractivity contribution in [2.24, 2.45) is 0 Å². The average molecular weight is 523 g/mol. The number of hydrogen-bond donors (Lipinski definition) is 1. The minimum Gasteiger partial charge on any atom is -0.405 e. The molecule has 0 atom stereocenters. The van der Waals surface area contributed by atoms with E-state index in [2.05, 4.69) is 15.0 Å². The summed E-state index contributed by atoms with van der Waals surface area (Å²) in [5.41, 5.74) is 2.26. The fourth-order valence-electron chi connectivity index (χ4n) is 4.07. The number of nitrogens with one attached hydrogen (secondary N) is 1. The van der Waals surface area contributed by atoms with Crippen molar-refractivity contribution in [2.45, 2.75) is 13.3 Å². The number of nitrogens with zero attached hydrogens (tertiary/aromatic N) is 2. The Labute approximate surface area is 213 Å². The Hall–Kier alpha value is -4.73. The molecule has 0 saturated carbocycles. The normalized spacial score (nSPS) is 11.5. The van der Waals surface area contributed by atoms with Gasteiger partial charge >= 0.3 is 6.36 Å². The van der Waals surface area contributed by atoms with E-state index in [-0.39, 0.29) is 17.0 Å². The molecule has 0 spiro atoms. The fraction of sp³-hybridized carbons (Fsp3) is 0.0714. The van der Waals surface area contributed by atoms with Crippen LogP contribution < -0.4 is 10.1 Å². The Bertz CT molecular complexity index is 1660. The number of rotatable bonds is 5. The number of halogens is 5. The van der Waals surface area contributed by atoms with Gasteiger partial charge in [-0.2, -0.15) is 0 Å². The zero-order valence-corrected chi connectivity index (χ0v) is 19.7. The third-order valence-corrected chi connectivity index (χ3v) is 5.83. The van der Waals surface area contributed by atoms with Crippen LogP contribution >= 0.6 is 0 Å². The van der Waals surface area contributed by atoms with Gasteiger partial charge in [-0.1, -0.05) is 35.9 Å². The van der Waals surface area contributed by atoms with Crippen LogP contribution in [0, 0.1) is 18.6 Å². The van der Waals surface area contributed by atoms with Crippen LogP contribution in [0.25, 0.3) is 28.0 Å². The molecule has 0 aliphatic rings. The lowest BCUT2D eigenvalue weighted by molar-refractivity contribution is -0.274. The number of ether oxygens (including phenoxy) is 1. The van der Waals surface area contributed by atoms with Gasteiger partial charge in [0, 0.05) is 17.4 Å². The predicted molar refractivity (Wildman–Crippen MR) is 132 cm³/mol. The molecule has 0 fully saturated rings. The van der Waals surface area contributed by atoms with Crippen molar-refractivity contribution in [1.82, 2.24) is 9.38 Å². The Morgan fingerprint density at radius 1 is 0.947 bits per heavy atom. The molecule has 1 amide bonds. The summed E-state index contributed by atoms with van der Waals surface area (Å²) in [7, 11) is 0. The highest BCUT2D eigenvalue weighted by molar-refractivity contribution is 6.07. The van der Waals surface area contributed by atoms with Crippen LogP contribution in [0.3, 0.4) is 0 Å². The molecule has 38 heavy (non-hydrogen) atoms.